The zero-order valence-corrected chi connectivity index (χ0v) is 59.6. The molecule has 0 atom stereocenters. The maximum Gasteiger partial charge on any atom is 0.338 e. The second-order valence-electron chi connectivity index (χ2n) is 24.4. The molecule has 0 saturated carbocycles. The van der Waals surface area contributed by atoms with Crippen molar-refractivity contribution in [3.63, 3.8) is 0 Å². The molecule has 0 amide bonds. The Bertz CT molecular complexity index is 4200. The standard InChI is InChI=1S/C42H50BrN2O3.2C16H18N4O4.Co/c1-9-44-35-23-37-33(21-31(35)27(3)25-41(44,5)6)39(29-17-13-14-18-30(29)40(46)47-20-16-12-11-15-19-43)34-22-32-28(4)26-42(7,8)45(10-2)36(32)24-38(34)48-37;2*1-3-19(4-2)11-5-7-13(16(22)10-11)17-18-14-9-12(20(23)24)6-8-15(14)21;/h13-14,17-18,21-26H,9-12,15-16,19-20H2,1-8H3;2*5-10,21-22H,3-4H2,1-2H3;/q+1;;;. The van der Waals surface area contributed by atoms with Crippen LogP contribution in [0.2, 0.25) is 0 Å². The molecular formula is C74H86BrCoN10O11+. The van der Waals surface area contributed by atoms with E-state index in [9.17, 15) is 45.4 Å². The zero-order valence-electron chi connectivity index (χ0n) is 57.0. The fourth-order valence-electron chi connectivity index (χ4n) is 12.5. The molecule has 0 saturated heterocycles. The molecule has 513 valence electrons. The molecule has 0 aliphatic carbocycles. The number of likely N-dealkylation sites (N-methyl/N-ethyl adjacent to an activating group) is 2. The van der Waals surface area contributed by atoms with Crippen LogP contribution in [0.1, 0.15) is 141 Å². The van der Waals surface area contributed by atoms with Crippen molar-refractivity contribution in [1.29, 1.82) is 0 Å². The number of phenols is 4. The first-order chi connectivity index (χ1) is 45.8. The van der Waals surface area contributed by atoms with E-state index >= 15 is 0 Å². The number of fused-ring (bicyclic) bond motifs is 4. The van der Waals surface area contributed by atoms with Crippen molar-refractivity contribution in [3.05, 3.63) is 192 Å². The molecule has 3 heterocycles. The number of carbonyl (C=O) groups excluding carboxylic acids is 1. The van der Waals surface area contributed by atoms with Crippen LogP contribution in [-0.2, 0) is 21.5 Å². The second kappa shape index (κ2) is 33.0. The fraction of sp³-hybridized carbons (Fsp3) is 0.351. The number of non-ortho nitro benzene ring substituents is 2. The molecule has 0 fully saturated rings. The number of alkyl halides is 1. The van der Waals surface area contributed by atoms with Crippen LogP contribution in [0.4, 0.5) is 51.2 Å². The molecular weight excluding hydrogens is 1340 g/mol. The predicted molar refractivity (Wildman–Crippen MR) is 384 cm³/mol. The molecule has 97 heavy (non-hydrogen) atoms. The minimum absolute atomic E-state index is 0. The molecule has 7 aromatic rings. The number of benzene rings is 7. The van der Waals surface area contributed by atoms with Gasteiger partial charge in [0.05, 0.1) is 33.6 Å². The largest absolute Gasteiger partial charge is 0.506 e. The number of halogens is 1. The Labute approximate surface area is 585 Å². The minimum Gasteiger partial charge on any atom is -0.506 e. The summed E-state index contributed by atoms with van der Waals surface area (Å²) in [5, 5.41) is 79.5. The monoisotopic (exact) mass is 1430 g/mol. The maximum atomic E-state index is 13.8. The summed E-state index contributed by atoms with van der Waals surface area (Å²) in [7, 11) is 0. The van der Waals surface area contributed by atoms with E-state index in [0.717, 1.165) is 127 Å². The van der Waals surface area contributed by atoms with E-state index in [0.29, 0.717) is 12.2 Å². The Morgan fingerprint density at radius 3 is 1.63 bits per heavy atom. The van der Waals surface area contributed by atoms with Crippen LogP contribution in [0.15, 0.2) is 154 Å². The Morgan fingerprint density at radius 1 is 0.598 bits per heavy atom. The van der Waals surface area contributed by atoms with E-state index in [2.05, 4.69) is 154 Å². The summed E-state index contributed by atoms with van der Waals surface area (Å²) in [4.78, 5) is 40.7. The first kappa shape index (κ1) is 74.9. The number of nitro benzene ring substituents is 2. The van der Waals surface area contributed by atoms with Gasteiger partial charge in [-0.05, 0) is 159 Å². The molecule has 1 radical (unpaired) electrons. The summed E-state index contributed by atoms with van der Waals surface area (Å²) >= 11 is 3.50. The molecule has 10 rings (SSSR count). The third-order valence-electron chi connectivity index (χ3n) is 17.3. The molecule has 0 aromatic heterocycles. The fourth-order valence-corrected chi connectivity index (χ4v) is 12.9. The van der Waals surface area contributed by atoms with Crippen LogP contribution in [0.25, 0.3) is 16.7 Å². The summed E-state index contributed by atoms with van der Waals surface area (Å²) in [6.45, 7) is 31.3. The van der Waals surface area contributed by atoms with Crippen molar-refractivity contribution in [2.45, 2.75) is 120 Å². The van der Waals surface area contributed by atoms with Gasteiger partial charge in [0.1, 0.15) is 63.8 Å². The van der Waals surface area contributed by atoms with Gasteiger partial charge in [-0.2, -0.15) is 0 Å². The zero-order chi connectivity index (χ0) is 69.8. The van der Waals surface area contributed by atoms with E-state index in [4.69, 9.17) is 9.47 Å². The summed E-state index contributed by atoms with van der Waals surface area (Å²) in [6, 6.07) is 33.8. The molecule has 21 nitrogen and oxygen atoms in total. The van der Waals surface area contributed by atoms with Crippen LogP contribution in [-0.4, -0.2) is 98.5 Å². The van der Waals surface area contributed by atoms with Crippen molar-refractivity contribution in [3.8, 4) is 34.5 Å². The number of ether oxygens (including phenoxy) is 2. The Balaban J connectivity index is 0.000000227. The predicted octanol–water partition coefficient (Wildman–Crippen LogP) is 17.4. The van der Waals surface area contributed by atoms with Gasteiger partial charge in [-0.15, -0.1) is 20.5 Å². The number of nitro groups is 2. The number of unbranched alkanes of at least 4 members (excludes halogenated alkanes) is 3. The van der Waals surface area contributed by atoms with Crippen molar-refractivity contribution < 1.29 is 61.3 Å². The van der Waals surface area contributed by atoms with Crippen molar-refractivity contribution >= 4 is 89.8 Å². The quantitative estimate of drug-likeness (QED) is 0.00935. The van der Waals surface area contributed by atoms with Gasteiger partial charge in [-0.25, -0.2) is 9.37 Å². The number of anilines is 3. The first-order valence-corrected chi connectivity index (χ1v) is 33.6. The molecule has 7 aromatic carbocycles. The average Bonchev–Trinajstić information content (AvgIpc) is 0.720. The molecule has 0 bridgehead atoms. The normalized spacial score (nSPS) is 13.8. The van der Waals surface area contributed by atoms with Crippen LogP contribution in [0.3, 0.4) is 0 Å². The van der Waals surface area contributed by atoms with E-state index < -0.39 is 9.85 Å². The Hall–Kier alpha value is -9.45. The van der Waals surface area contributed by atoms with Crippen molar-refractivity contribution in [2.24, 2.45) is 20.5 Å². The SMILES string of the molecule is CCN(CC)c1ccc(N=Nc2cc([N+](=O)[O-])ccc2O)c(O)c1.CCN(CC)c1ccc(N=Nc2cc([N+](=O)[O-])ccc2O)c(O)c1.CCN1c2cc3c(cc2C(C)=CC1(C)C)C(c1ccccc1C(=O)OCCCCCCBr)=c1cc2c(cc1O3)=[N+](CC)C(C)(C)C=C2C.[Co]. The third-order valence-corrected chi connectivity index (χ3v) is 17.8. The number of aromatic hydroxyl groups is 4. The van der Waals surface area contributed by atoms with E-state index in [1.165, 1.54) is 57.6 Å². The molecule has 0 unspecified atom stereocenters. The molecule has 3 aliphatic rings. The number of allylic oxidation sites excluding steroid dienone is 2. The van der Waals surface area contributed by atoms with E-state index in [-0.39, 0.29) is 90.9 Å². The average molecular weight is 1430 g/mol. The van der Waals surface area contributed by atoms with Crippen LogP contribution < -0.4 is 34.6 Å². The Kier molecular flexibility index (Phi) is 25.5. The number of carbonyl (C=O) groups is 1. The number of phenolic OH excluding ortho intramolecular Hbond substituents is 4. The molecule has 23 heteroatoms. The van der Waals surface area contributed by atoms with Crippen molar-refractivity contribution in [2.75, 3.05) is 65.9 Å². The van der Waals surface area contributed by atoms with Gasteiger partial charge >= 0.3 is 5.97 Å². The number of hydrogen-bond donors (Lipinski definition) is 4. The van der Waals surface area contributed by atoms with Crippen LogP contribution >= 0.6 is 15.9 Å². The second-order valence-corrected chi connectivity index (χ2v) is 25.2. The summed E-state index contributed by atoms with van der Waals surface area (Å²) in [5.41, 5.74) is 10.8. The van der Waals surface area contributed by atoms with Gasteiger partial charge < -0.3 is 44.6 Å². The van der Waals surface area contributed by atoms with Gasteiger partial charge in [0.25, 0.3) is 11.4 Å². The summed E-state index contributed by atoms with van der Waals surface area (Å²) in [5.74, 6) is 0.739. The number of nitrogens with zero attached hydrogens (tertiary/aromatic N) is 10. The van der Waals surface area contributed by atoms with Gasteiger partial charge in [0, 0.05) is 156 Å². The van der Waals surface area contributed by atoms with Crippen LogP contribution in [0.5, 0.6) is 34.5 Å². The number of esters is 1. The number of hydrogen-bond acceptors (Lipinski definition) is 18. The van der Waals surface area contributed by atoms with Gasteiger partial charge in [-0.1, -0.05) is 53.0 Å². The van der Waals surface area contributed by atoms with Crippen molar-refractivity contribution in [1.82, 2.24) is 4.58 Å². The maximum absolute atomic E-state index is 13.8. The third kappa shape index (κ3) is 17.2. The van der Waals surface area contributed by atoms with Gasteiger partial charge in [0.2, 0.25) is 5.36 Å². The summed E-state index contributed by atoms with van der Waals surface area (Å²) < 4.78 is 15.3. The minimum atomic E-state index is -0.588. The smallest absolute Gasteiger partial charge is 0.338 e. The van der Waals surface area contributed by atoms with E-state index in [1.807, 2.05) is 45.9 Å². The van der Waals surface area contributed by atoms with Crippen LogP contribution in [0, 0.1) is 20.2 Å². The molecule has 3 aliphatic heterocycles. The molecule has 4 N–H and O–H groups in total. The van der Waals surface area contributed by atoms with E-state index in [1.54, 1.807) is 36.4 Å². The van der Waals surface area contributed by atoms with Gasteiger partial charge in [0.15, 0.2) is 5.54 Å². The number of azo groups is 2. The summed E-state index contributed by atoms with van der Waals surface area (Å²) in [6.07, 6.45) is 8.88. The topological polar surface area (TPSA) is 265 Å². The Morgan fingerprint density at radius 2 is 1.12 bits per heavy atom. The molecule has 0 spiro atoms. The number of rotatable bonds is 22. The van der Waals surface area contributed by atoms with Gasteiger partial charge in [-0.3, -0.25) is 20.2 Å². The first-order valence-electron chi connectivity index (χ1n) is 32.5.